The number of anilines is 1. The Bertz CT molecular complexity index is 554. The van der Waals surface area contributed by atoms with Crippen molar-refractivity contribution in [2.75, 3.05) is 38.2 Å². The van der Waals surface area contributed by atoms with Crippen molar-refractivity contribution in [2.45, 2.75) is 31.7 Å². The van der Waals surface area contributed by atoms with Crippen LogP contribution in [-0.4, -0.2) is 55.6 Å². The molecule has 1 aromatic carbocycles. The van der Waals surface area contributed by atoms with Gasteiger partial charge in [-0.25, -0.2) is 4.79 Å². The molecule has 6 nitrogen and oxygen atoms in total. The molecule has 1 fully saturated rings. The van der Waals surface area contributed by atoms with Crippen LogP contribution in [0.15, 0.2) is 30.3 Å². The van der Waals surface area contributed by atoms with Crippen LogP contribution in [0.1, 0.15) is 26.2 Å². The fraction of sp³-hybridized carbons (Fsp3) is 0.556. The Morgan fingerprint density at radius 3 is 2.38 bits per heavy atom. The van der Waals surface area contributed by atoms with Crippen LogP contribution in [0.5, 0.6) is 0 Å². The minimum absolute atomic E-state index is 0.0705. The first-order valence-electron chi connectivity index (χ1n) is 8.48. The molecule has 132 valence electrons. The van der Waals surface area contributed by atoms with Gasteiger partial charge in [-0.2, -0.15) is 0 Å². The van der Waals surface area contributed by atoms with E-state index in [9.17, 15) is 9.59 Å². The standard InChI is InChI=1S/C18H27N3O3/c1-3-16(22)21(15-7-5-4-6-8-15)18(17(23)24-2)9-12-20(13-10-18)14-11-19/h4-8H,3,9-14,19H2,1-2H3. The highest BCUT2D eigenvalue weighted by Gasteiger charge is 2.49. The van der Waals surface area contributed by atoms with Gasteiger partial charge < -0.3 is 15.4 Å². The van der Waals surface area contributed by atoms with E-state index in [2.05, 4.69) is 4.90 Å². The highest BCUT2D eigenvalue weighted by atomic mass is 16.5. The average molecular weight is 333 g/mol. The number of esters is 1. The van der Waals surface area contributed by atoms with E-state index in [4.69, 9.17) is 10.5 Å². The third-order valence-corrected chi connectivity index (χ3v) is 4.69. The molecule has 0 radical (unpaired) electrons. The van der Waals surface area contributed by atoms with Gasteiger partial charge >= 0.3 is 5.97 Å². The Morgan fingerprint density at radius 2 is 1.88 bits per heavy atom. The molecular formula is C18H27N3O3. The van der Waals surface area contributed by atoms with Gasteiger partial charge in [0.2, 0.25) is 5.91 Å². The highest BCUT2D eigenvalue weighted by Crippen LogP contribution is 2.35. The molecule has 1 aliphatic rings. The van der Waals surface area contributed by atoms with Gasteiger partial charge in [0.05, 0.1) is 7.11 Å². The Kier molecular flexibility index (Phi) is 6.34. The second-order valence-corrected chi connectivity index (χ2v) is 6.07. The van der Waals surface area contributed by atoms with Gasteiger partial charge in [0.1, 0.15) is 5.54 Å². The second-order valence-electron chi connectivity index (χ2n) is 6.07. The first-order chi connectivity index (χ1) is 11.6. The fourth-order valence-corrected chi connectivity index (χ4v) is 3.40. The summed E-state index contributed by atoms with van der Waals surface area (Å²) in [6.07, 6.45) is 1.42. The highest BCUT2D eigenvalue weighted by molar-refractivity contribution is 6.02. The van der Waals surface area contributed by atoms with Gasteiger partial charge in [-0.1, -0.05) is 25.1 Å². The molecule has 2 N–H and O–H groups in total. The van der Waals surface area contributed by atoms with E-state index in [0.717, 1.165) is 12.2 Å². The Labute approximate surface area is 143 Å². The molecule has 1 aliphatic heterocycles. The molecule has 0 aromatic heterocycles. The van der Waals surface area contributed by atoms with Crippen LogP contribution in [-0.2, 0) is 14.3 Å². The van der Waals surface area contributed by atoms with Crippen LogP contribution in [0.3, 0.4) is 0 Å². The van der Waals surface area contributed by atoms with E-state index < -0.39 is 5.54 Å². The van der Waals surface area contributed by atoms with E-state index >= 15 is 0 Å². The lowest BCUT2D eigenvalue weighted by Crippen LogP contribution is -2.63. The molecule has 0 unspecified atom stereocenters. The predicted molar refractivity (Wildman–Crippen MR) is 93.7 cm³/mol. The number of amides is 1. The maximum Gasteiger partial charge on any atom is 0.332 e. The number of carbonyl (C=O) groups is 2. The summed E-state index contributed by atoms with van der Waals surface area (Å²) in [4.78, 5) is 29.3. The van der Waals surface area contributed by atoms with E-state index in [-0.39, 0.29) is 11.9 Å². The number of likely N-dealkylation sites (tertiary alicyclic amines) is 1. The number of hydrogen-bond donors (Lipinski definition) is 1. The van der Waals surface area contributed by atoms with Gasteiger partial charge in [0.25, 0.3) is 0 Å². The number of ether oxygens (including phenoxy) is 1. The van der Waals surface area contributed by atoms with Crippen LogP contribution in [0.2, 0.25) is 0 Å². The summed E-state index contributed by atoms with van der Waals surface area (Å²) in [5.74, 6) is -0.417. The van der Waals surface area contributed by atoms with Gasteiger partial charge in [-0.3, -0.25) is 9.69 Å². The van der Waals surface area contributed by atoms with Crippen LogP contribution < -0.4 is 10.6 Å². The van der Waals surface area contributed by atoms with Crippen molar-refractivity contribution >= 4 is 17.6 Å². The summed E-state index contributed by atoms with van der Waals surface area (Å²) in [5, 5.41) is 0. The van der Waals surface area contributed by atoms with E-state index in [1.54, 1.807) is 4.90 Å². The topological polar surface area (TPSA) is 75.9 Å². The molecule has 0 atom stereocenters. The van der Waals surface area contributed by atoms with Gasteiger partial charge in [-0.05, 0) is 25.0 Å². The number of nitrogens with zero attached hydrogens (tertiary/aromatic N) is 2. The summed E-state index contributed by atoms with van der Waals surface area (Å²) < 4.78 is 5.11. The molecule has 1 aromatic rings. The molecular weight excluding hydrogens is 306 g/mol. The molecule has 1 heterocycles. The summed E-state index contributed by atoms with van der Waals surface area (Å²) in [5.41, 5.74) is 5.42. The lowest BCUT2D eigenvalue weighted by molar-refractivity contribution is -0.150. The van der Waals surface area contributed by atoms with Gasteiger partial charge in [-0.15, -0.1) is 0 Å². The van der Waals surface area contributed by atoms with Crippen molar-refractivity contribution in [2.24, 2.45) is 5.73 Å². The molecule has 0 aliphatic carbocycles. The number of nitrogens with two attached hydrogens (primary N) is 1. The predicted octanol–water partition coefficient (Wildman–Crippen LogP) is 1.40. The minimum Gasteiger partial charge on any atom is -0.467 e. The molecule has 1 saturated heterocycles. The zero-order valence-electron chi connectivity index (χ0n) is 14.5. The van der Waals surface area contributed by atoms with E-state index in [1.165, 1.54) is 7.11 Å². The Hall–Kier alpha value is -1.92. The quantitative estimate of drug-likeness (QED) is 0.796. The largest absolute Gasteiger partial charge is 0.467 e. The maximum atomic E-state index is 12.7. The molecule has 2 rings (SSSR count). The number of benzene rings is 1. The molecule has 0 spiro atoms. The molecule has 24 heavy (non-hydrogen) atoms. The number of para-hydroxylation sites is 1. The van der Waals surface area contributed by atoms with Crippen molar-refractivity contribution in [1.29, 1.82) is 0 Å². The summed E-state index contributed by atoms with van der Waals surface area (Å²) >= 11 is 0. The fourth-order valence-electron chi connectivity index (χ4n) is 3.40. The monoisotopic (exact) mass is 333 g/mol. The number of hydrogen-bond acceptors (Lipinski definition) is 5. The summed E-state index contributed by atoms with van der Waals surface area (Å²) in [6, 6.07) is 9.38. The molecule has 1 amide bonds. The SMILES string of the molecule is CCC(=O)N(c1ccccc1)C1(C(=O)OC)CCN(CCN)CC1. The Balaban J connectivity index is 2.40. The van der Waals surface area contributed by atoms with Crippen molar-refractivity contribution in [3.63, 3.8) is 0 Å². The van der Waals surface area contributed by atoms with Crippen LogP contribution in [0.4, 0.5) is 5.69 Å². The first kappa shape index (κ1) is 18.4. The third-order valence-electron chi connectivity index (χ3n) is 4.69. The van der Waals surface area contributed by atoms with E-state index in [1.807, 2.05) is 37.3 Å². The normalized spacial score (nSPS) is 17.3. The lowest BCUT2D eigenvalue weighted by Gasteiger charge is -2.46. The van der Waals surface area contributed by atoms with Gasteiger partial charge in [0, 0.05) is 38.3 Å². The minimum atomic E-state index is -0.950. The van der Waals surface area contributed by atoms with Crippen LogP contribution >= 0.6 is 0 Å². The zero-order valence-corrected chi connectivity index (χ0v) is 14.5. The van der Waals surface area contributed by atoms with Crippen LogP contribution in [0.25, 0.3) is 0 Å². The zero-order chi connectivity index (χ0) is 17.6. The van der Waals surface area contributed by atoms with Crippen molar-refractivity contribution < 1.29 is 14.3 Å². The van der Waals surface area contributed by atoms with Crippen molar-refractivity contribution in [3.8, 4) is 0 Å². The summed E-state index contributed by atoms with van der Waals surface area (Å²) in [7, 11) is 1.38. The maximum absolute atomic E-state index is 12.7. The summed E-state index contributed by atoms with van der Waals surface area (Å²) in [6.45, 7) is 4.62. The van der Waals surface area contributed by atoms with Crippen LogP contribution in [0, 0.1) is 0 Å². The molecule has 0 saturated carbocycles. The Morgan fingerprint density at radius 1 is 1.25 bits per heavy atom. The third kappa shape index (κ3) is 3.60. The lowest BCUT2D eigenvalue weighted by atomic mass is 9.84. The number of rotatable bonds is 6. The molecule has 6 heteroatoms. The number of piperidine rings is 1. The first-order valence-corrected chi connectivity index (χ1v) is 8.48. The smallest absolute Gasteiger partial charge is 0.332 e. The van der Waals surface area contributed by atoms with Crippen molar-refractivity contribution in [3.05, 3.63) is 30.3 Å². The van der Waals surface area contributed by atoms with E-state index in [0.29, 0.717) is 38.9 Å². The van der Waals surface area contributed by atoms with Gasteiger partial charge in [0.15, 0.2) is 0 Å². The average Bonchev–Trinajstić information content (AvgIpc) is 2.63. The van der Waals surface area contributed by atoms with Crippen molar-refractivity contribution in [1.82, 2.24) is 4.90 Å². The number of carbonyl (C=O) groups excluding carboxylic acids is 2. The molecule has 0 bridgehead atoms. The second kappa shape index (κ2) is 8.26. The number of methoxy groups -OCH3 is 1.